The van der Waals surface area contributed by atoms with Crippen LogP contribution in [0.1, 0.15) is 11.3 Å². The maximum atomic E-state index is 6.53. The van der Waals surface area contributed by atoms with Gasteiger partial charge in [0.1, 0.15) is 0 Å². The lowest BCUT2D eigenvalue weighted by Gasteiger charge is -2.10. The Balaban J connectivity index is 1.63. The van der Waals surface area contributed by atoms with E-state index in [9.17, 15) is 0 Å². The van der Waals surface area contributed by atoms with E-state index >= 15 is 0 Å². The molecule has 0 aliphatic rings. The largest absolute Gasteiger partial charge is 0.335 e. The summed E-state index contributed by atoms with van der Waals surface area (Å²) in [4.78, 5) is 4.69. The molecule has 8 heteroatoms. The Labute approximate surface area is 170 Å². The first-order valence-corrected chi connectivity index (χ1v) is 9.92. The predicted molar refractivity (Wildman–Crippen MR) is 112 cm³/mol. The van der Waals surface area contributed by atoms with Crippen molar-refractivity contribution in [1.29, 1.82) is 0 Å². The Bertz CT molecular complexity index is 1140. The third-order valence-corrected chi connectivity index (χ3v) is 6.05. The molecule has 136 valence electrons. The summed E-state index contributed by atoms with van der Waals surface area (Å²) in [7, 11) is 0. The van der Waals surface area contributed by atoms with Crippen LogP contribution in [-0.2, 0) is 5.75 Å². The average Bonchev–Trinajstić information content (AvgIpc) is 3.04. The molecule has 0 saturated heterocycles. The Kier molecular flexibility index (Phi) is 4.95. The van der Waals surface area contributed by atoms with E-state index in [1.54, 1.807) is 6.07 Å². The number of thioether (sulfide) groups is 1. The molecule has 0 amide bonds. The van der Waals surface area contributed by atoms with Crippen molar-refractivity contribution < 1.29 is 0 Å². The van der Waals surface area contributed by atoms with E-state index in [2.05, 4.69) is 15.2 Å². The van der Waals surface area contributed by atoms with Crippen molar-refractivity contribution >= 4 is 45.9 Å². The fraction of sp³-hybridized carbons (Fsp3) is 0.105. The Morgan fingerprint density at radius 2 is 1.78 bits per heavy atom. The van der Waals surface area contributed by atoms with Gasteiger partial charge in [0.05, 0.1) is 21.3 Å². The molecule has 4 aromatic rings. The molecule has 0 unspecified atom stereocenters. The van der Waals surface area contributed by atoms with Gasteiger partial charge in [0, 0.05) is 16.7 Å². The first kappa shape index (κ1) is 18.1. The smallest absolute Gasteiger partial charge is 0.210 e. The lowest BCUT2D eigenvalue weighted by molar-refractivity contribution is 0.849. The Morgan fingerprint density at radius 1 is 1.04 bits per heavy atom. The van der Waals surface area contributed by atoms with Gasteiger partial charge in [-0.05, 0) is 30.7 Å². The first-order chi connectivity index (χ1) is 13.1. The molecule has 27 heavy (non-hydrogen) atoms. The van der Waals surface area contributed by atoms with Crippen molar-refractivity contribution in [3.8, 4) is 11.4 Å². The number of para-hydroxylation sites is 1. The van der Waals surface area contributed by atoms with Crippen LogP contribution >= 0.6 is 35.0 Å². The summed E-state index contributed by atoms with van der Waals surface area (Å²) in [5.74, 6) is 7.23. The van der Waals surface area contributed by atoms with E-state index in [0.717, 1.165) is 27.7 Å². The highest BCUT2D eigenvalue weighted by Gasteiger charge is 2.16. The van der Waals surface area contributed by atoms with E-state index in [4.69, 9.17) is 29.0 Å². The lowest BCUT2D eigenvalue weighted by Crippen LogP contribution is -2.11. The van der Waals surface area contributed by atoms with Crippen LogP contribution < -0.4 is 5.84 Å². The third-order valence-electron chi connectivity index (χ3n) is 4.26. The summed E-state index contributed by atoms with van der Waals surface area (Å²) in [5.41, 5.74) is 3.46. The van der Waals surface area contributed by atoms with Gasteiger partial charge in [0.25, 0.3) is 0 Å². The minimum Gasteiger partial charge on any atom is -0.335 e. The molecule has 0 fully saturated rings. The van der Waals surface area contributed by atoms with Crippen LogP contribution in [0, 0.1) is 6.92 Å². The number of aromatic nitrogens is 4. The Hall–Kier alpha value is -2.28. The van der Waals surface area contributed by atoms with Gasteiger partial charge in [0.2, 0.25) is 5.16 Å². The summed E-state index contributed by atoms with van der Waals surface area (Å²) >= 11 is 14.2. The second-order valence-electron chi connectivity index (χ2n) is 5.96. The van der Waals surface area contributed by atoms with Crippen LogP contribution in [0.5, 0.6) is 0 Å². The molecule has 2 aromatic carbocycles. The van der Waals surface area contributed by atoms with Gasteiger partial charge in [-0.15, -0.1) is 10.2 Å². The van der Waals surface area contributed by atoms with Gasteiger partial charge in [-0.1, -0.05) is 65.3 Å². The van der Waals surface area contributed by atoms with Crippen molar-refractivity contribution in [3.05, 3.63) is 69.8 Å². The van der Waals surface area contributed by atoms with Crippen molar-refractivity contribution in [2.75, 3.05) is 5.84 Å². The molecule has 0 saturated carbocycles. The fourth-order valence-electron chi connectivity index (χ4n) is 2.85. The van der Waals surface area contributed by atoms with Crippen LogP contribution in [0.2, 0.25) is 10.0 Å². The standard InChI is InChI=1S/C19H15Cl2N5S/c1-11-12-6-3-5-9-15(12)23-16(17(11)21)10-27-19-25-24-18(26(19)22)13-7-2-4-8-14(13)20/h2-9H,10,22H2,1H3. The zero-order valence-electron chi connectivity index (χ0n) is 14.4. The topological polar surface area (TPSA) is 69.6 Å². The predicted octanol–water partition coefficient (Wildman–Crippen LogP) is 5.11. The third kappa shape index (κ3) is 3.36. The van der Waals surface area contributed by atoms with Crippen molar-refractivity contribution in [2.24, 2.45) is 0 Å². The molecule has 0 radical (unpaired) electrons. The maximum Gasteiger partial charge on any atom is 0.210 e. The number of fused-ring (bicyclic) bond motifs is 1. The van der Waals surface area contributed by atoms with Crippen LogP contribution in [0.15, 0.2) is 53.7 Å². The minimum absolute atomic E-state index is 0.511. The molecule has 2 aromatic heterocycles. The van der Waals surface area contributed by atoms with E-state index in [0.29, 0.717) is 26.8 Å². The molecule has 5 nitrogen and oxygen atoms in total. The highest BCUT2D eigenvalue weighted by Crippen LogP contribution is 2.32. The quantitative estimate of drug-likeness (QED) is 0.370. The summed E-state index contributed by atoms with van der Waals surface area (Å²) in [6, 6.07) is 15.3. The number of nitrogens with zero attached hydrogens (tertiary/aromatic N) is 4. The van der Waals surface area contributed by atoms with Crippen LogP contribution in [0.25, 0.3) is 22.3 Å². The van der Waals surface area contributed by atoms with Crippen LogP contribution in [0.4, 0.5) is 0 Å². The van der Waals surface area contributed by atoms with E-state index in [1.807, 2.05) is 49.4 Å². The number of hydrogen-bond donors (Lipinski definition) is 1. The van der Waals surface area contributed by atoms with E-state index < -0.39 is 0 Å². The summed E-state index contributed by atoms with van der Waals surface area (Å²) in [6.07, 6.45) is 0. The van der Waals surface area contributed by atoms with Gasteiger partial charge in [-0.3, -0.25) is 4.98 Å². The fourth-order valence-corrected chi connectivity index (χ4v) is 4.16. The summed E-state index contributed by atoms with van der Waals surface area (Å²) in [6.45, 7) is 2.00. The SMILES string of the molecule is Cc1c(Cl)c(CSc2nnc(-c3ccccc3Cl)n2N)nc2ccccc12. The molecule has 2 N–H and O–H groups in total. The highest BCUT2D eigenvalue weighted by atomic mass is 35.5. The van der Waals surface area contributed by atoms with E-state index in [-0.39, 0.29) is 0 Å². The first-order valence-electron chi connectivity index (χ1n) is 8.18. The molecule has 0 bridgehead atoms. The van der Waals surface area contributed by atoms with E-state index in [1.165, 1.54) is 16.4 Å². The zero-order valence-corrected chi connectivity index (χ0v) is 16.7. The van der Waals surface area contributed by atoms with Gasteiger partial charge >= 0.3 is 0 Å². The molecular weight excluding hydrogens is 401 g/mol. The van der Waals surface area contributed by atoms with Crippen LogP contribution in [0.3, 0.4) is 0 Å². The number of aryl methyl sites for hydroxylation is 1. The Morgan fingerprint density at radius 3 is 2.59 bits per heavy atom. The number of nitrogens with two attached hydrogens (primary N) is 1. The molecule has 0 spiro atoms. The van der Waals surface area contributed by atoms with Gasteiger partial charge in [-0.2, -0.15) is 0 Å². The zero-order chi connectivity index (χ0) is 19.0. The van der Waals surface area contributed by atoms with Gasteiger partial charge < -0.3 is 5.84 Å². The monoisotopic (exact) mass is 415 g/mol. The second-order valence-corrected chi connectivity index (χ2v) is 7.69. The number of pyridine rings is 1. The maximum absolute atomic E-state index is 6.53. The second kappa shape index (κ2) is 7.38. The molecule has 0 aliphatic carbocycles. The minimum atomic E-state index is 0.511. The molecule has 0 atom stereocenters. The highest BCUT2D eigenvalue weighted by molar-refractivity contribution is 7.98. The normalized spacial score (nSPS) is 11.2. The van der Waals surface area contributed by atoms with Crippen molar-refractivity contribution in [3.63, 3.8) is 0 Å². The van der Waals surface area contributed by atoms with Gasteiger partial charge in [0.15, 0.2) is 5.82 Å². The molecule has 0 aliphatic heterocycles. The number of halogens is 2. The number of hydrogen-bond acceptors (Lipinski definition) is 5. The van der Waals surface area contributed by atoms with Crippen molar-refractivity contribution in [2.45, 2.75) is 17.8 Å². The summed E-state index contributed by atoms with van der Waals surface area (Å²) < 4.78 is 1.44. The number of nitrogen functional groups attached to an aromatic ring is 1. The van der Waals surface area contributed by atoms with Crippen LogP contribution in [-0.4, -0.2) is 19.9 Å². The molecule has 4 rings (SSSR count). The number of rotatable bonds is 4. The number of benzene rings is 2. The molecule has 2 heterocycles. The average molecular weight is 416 g/mol. The summed E-state index contributed by atoms with van der Waals surface area (Å²) in [5, 5.41) is 11.2. The lowest BCUT2D eigenvalue weighted by atomic mass is 10.1. The van der Waals surface area contributed by atoms with Gasteiger partial charge in [-0.25, -0.2) is 4.68 Å². The molecular formula is C19H15Cl2N5S. The van der Waals surface area contributed by atoms with Crippen molar-refractivity contribution in [1.82, 2.24) is 19.9 Å².